The fourth-order valence-electron chi connectivity index (χ4n) is 1.32. The SMILES string of the molecule is C1CN(CCNC2CC2)C1. The summed E-state index contributed by atoms with van der Waals surface area (Å²) in [4.78, 5) is 2.51. The summed E-state index contributed by atoms with van der Waals surface area (Å²) in [5.74, 6) is 0. The van der Waals surface area contributed by atoms with E-state index in [1.165, 1.54) is 45.4 Å². The minimum Gasteiger partial charge on any atom is -0.313 e. The van der Waals surface area contributed by atoms with Gasteiger partial charge in [0, 0.05) is 19.1 Å². The molecule has 2 rings (SSSR count). The van der Waals surface area contributed by atoms with Crippen LogP contribution >= 0.6 is 0 Å². The highest BCUT2D eigenvalue weighted by Crippen LogP contribution is 2.18. The molecule has 0 atom stereocenters. The zero-order valence-corrected chi connectivity index (χ0v) is 6.47. The van der Waals surface area contributed by atoms with E-state index in [0.717, 1.165) is 6.04 Å². The summed E-state index contributed by atoms with van der Waals surface area (Å²) in [6, 6.07) is 0.890. The average Bonchev–Trinajstić information content (AvgIpc) is 2.58. The van der Waals surface area contributed by atoms with Crippen LogP contribution in [0.2, 0.25) is 0 Å². The highest BCUT2D eigenvalue weighted by Gasteiger charge is 2.20. The Morgan fingerprint density at radius 2 is 2.10 bits per heavy atom. The molecule has 2 nitrogen and oxygen atoms in total. The molecule has 2 heteroatoms. The zero-order chi connectivity index (χ0) is 6.81. The van der Waals surface area contributed by atoms with Gasteiger partial charge in [0.2, 0.25) is 0 Å². The van der Waals surface area contributed by atoms with Gasteiger partial charge in [-0.25, -0.2) is 0 Å². The van der Waals surface area contributed by atoms with E-state index < -0.39 is 0 Å². The van der Waals surface area contributed by atoms with E-state index >= 15 is 0 Å². The zero-order valence-electron chi connectivity index (χ0n) is 6.47. The molecule has 1 aliphatic carbocycles. The molecule has 0 amide bonds. The molecule has 0 bridgehead atoms. The first-order chi connectivity index (χ1) is 4.95. The topological polar surface area (TPSA) is 15.3 Å². The largest absolute Gasteiger partial charge is 0.313 e. The van der Waals surface area contributed by atoms with E-state index in [-0.39, 0.29) is 0 Å². The van der Waals surface area contributed by atoms with Crippen molar-refractivity contribution in [1.82, 2.24) is 10.2 Å². The van der Waals surface area contributed by atoms with Gasteiger partial charge in [0.15, 0.2) is 0 Å². The Morgan fingerprint density at radius 3 is 2.60 bits per heavy atom. The molecule has 2 aliphatic rings. The minimum atomic E-state index is 0.890. The van der Waals surface area contributed by atoms with Crippen molar-refractivity contribution in [2.24, 2.45) is 0 Å². The Morgan fingerprint density at radius 1 is 1.30 bits per heavy atom. The van der Waals surface area contributed by atoms with Crippen LogP contribution in [0.5, 0.6) is 0 Å². The Hall–Kier alpha value is -0.0800. The van der Waals surface area contributed by atoms with Gasteiger partial charge in [-0.3, -0.25) is 0 Å². The van der Waals surface area contributed by atoms with Gasteiger partial charge < -0.3 is 10.2 Å². The van der Waals surface area contributed by atoms with Crippen molar-refractivity contribution in [3.63, 3.8) is 0 Å². The van der Waals surface area contributed by atoms with Gasteiger partial charge in [-0.2, -0.15) is 0 Å². The van der Waals surface area contributed by atoms with Crippen LogP contribution in [0.1, 0.15) is 19.3 Å². The first-order valence-corrected chi connectivity index (χ1v) is 4.41. The molecule has 1 saturated heterocycles. The van der Waals surface area contributed by atoms with E-state index in [2.05, 4.69) is 10.2 Å². The van der Waals surface area contributed by atoms with Crippen molar-refractivity contribution in [2.45, 2.75) is 25.3 Å². The number of nitrogens with one attached hydrogen (secondary N) is 1. The molecule has 1 saturated carbocycles. The second-order valence-electron chi connectivity index (χ2n) is 3.42. The van der Waals surface area contributed by atoms with Crippen LogP contribution in [0, 0.1) is 0 Å². The first-order valence-electron chi connectivity index (χ1n) is 4.41. The summed E-state index contributed by atoms with van der Waals surface area (Å²) < 4.78 is 0. The summed E-state index contributed by atoms with van der Waals surface area (Å²) in [5, 5.41) is 3.51. The predicted molar refractivity (Wildman–Crippen MR) is 42.1 cm³/mol. The van der Waals surface area contributed by atoms with Crippen LogP contribution in [-0.2, 0) is 0 Å². The minimum absolute atomic E-state index is 0.890. The van der Waals surface area contributed by atoms with Crippen LogP contribution in [0.4, 0.5) is 0 Å². The molecule has 10 heavy (non-hydrogen) atoms. The van der Waals surface area contributed by atoms with E-state index in [1.807, 2.05) is 0 Å². The fourth-order valence-corrected chi connectivity index (χ4v) is 1.32. The normalized spacial score (nSPS) is 26.4. The number of nitrogens with zero attached hydrogens (tertiary/aromatic N) is 1. The lowest BCUT2D eigenvalue weighted by molar-refractivity contribution is 0.182. The third kappa shape index (κ3) is 1.70. The van der Waals surface area contributed by atoms with E-state index in [4.69, 9.17) is 0 Å². The first kappa shape index (κ1) is 6.62. The van der Waals surface area contributed by atoms with Crippen molar-refractivity contribution < 1.29 is 0 Å². The summed E-state index contributed by atoms with van der Waals surface area (Å²) >= 11 is 0. The number of rotatable bonds is 4. The highest BCUT2D eigenvalue weighted by molar-refractivity contribution is 4.81. The predicted octanol–water partition coefficient (Wildman–Crippen LogP) is 0.444. The molecule has 0 aromatic rings. The molecule has 1 aliphatic heterocycles. The van der Waals surface area contributed by atoms with E-state index in [1.54, 1.807) is 0 Å². The summed E-state index contributed by atoms with van der Waals surface area (Å²) in [6.45, 7) is 5.17. The van der Waals surface area contributed by atoms with Gasteiger partial charge in [0.05, 0.1) is 0 Å². The molecule has 1 N–H and O–H groups in total. The van der Waals surface area contributed by atoms with Gasteiger partial charge >= 0.3 is 0 Å². The van der Waals surface area contributed by atoms with E-state index in [9.17, 15) is 0 Å². The van der Waals surface area contributed by atoms with Gasteiger partial charge in [0.25, 0.3) is 0 Å². The van der Waals surface area contributed by atoms with Gasteiger partial charge in [-0.05, 0) is 32.4 Å². The molecule has 2 fully saturated rings. The molecular weight excluding hydrogens is 124 g/mol. The summed E-state index contributed by atoms with van der Waals surface area (Å²) in [5.41, 5.74) is 0. The Kier molecular flexibility index (Phi) is 1.91. The maximum atomic E-state index is 3.51. The second-order valence-corrected chi connectivity index (χ2v) is 3.42. The maximum Gasteiger partial charge on any atom is 0.0107 e. The van der Waals surface area contributed by atoms with Crippen molar-refractivity contribution >= 4 is 0 Å². The van der Waals surface area contributed by atoms with Crippen LogP contribution in [0.15, 0.2) is 0 Å². The molecule has 0 spiro atoms. The average molecular weight is 140 g/mol. The lowest BCUT2D eigenvalue weighted by atomic mass is 10.2. The summed E-state index contributed by atoms with van der Waals surface area (Å²) in [7, 11) is 0. The lowest BCUT2D eigenvalue weighted by Crippen LogP contribution is -2.41. The molecular formula is C8H16N2. The smallest absolute Gasteiger partial charge is 0.0107 e. The van der Waals surface area contributed by atoms with Crippen molar-refractivity contribution in [3.8, 4) is 0 Å². The quantitative estimate of drug-likeness (QED) is 0.609. The third-order valence-corrected chi connectivity index (χ3v) is 2.39. The van der Waals surface area contributed by atoms with Crippen molar-refractivity contribution in [3.05, 3.63) is 0 Å². The molecule has 58 valence electrons. The Bertz CT molecular complexity index is 106. The summed E-state index contributed by atoms with van der Waals surface area (Å²) in [6.07, 6.45) is 4.25. The van der Waals surface area contributed by atoms with Gasteiger partial charge in [-0.15, -0.1) is 0 Å². The molecule has 0 aromatic carbocycles. The Balaban J connectivity index is 1.46. The van der Waals surface area contributed by atoms with Crippen LogP contribution < -0.4 is 5.32 Å². The highest BCUT2D eigenvalue weighted by atomic mass is 15.2. The maximum absolute atomic E-state index is 3.51. The molecule has 0 unspecified atom stereocenters. The number of hydrogen-bond acceptors (Lipinski definition) is 2. The van der Waals surface area contributed by atoms with Gasteiger partial charge in [0.1, 0.15) is 0 Å². The fraction of sp³-hybridized carbons (Fsp3) is 1.00. The lowest BCUT2D eigenvalue weighted by Gasteiger charge is -2.30. The standard InChI is InChI=1S/C8H16N2/c1-5-10(6-1)7-4-9-8-2-3-8/h8-9H,1-7H2. The van der Waals surface area contributed by atoms with Crippen LogP contribution in [0.3, 0.4) is 0 Å². The Labute approximate surface area is 62.6 Å². The number of likely N-dealkylation sites (tertiary alicyclic amines) is 1. The molecule has 0 radical (unpaired) electrons. The second kappa shape index (κ2) is 2.89. The van der Waals surface area contributed by atoms with E-state index in [0.29, 0.717) is 0 Å². The molecule has 1 heterocycles. The number of hydrogen-bond donors (Lipinski definition) is 1. The van der Waals surface area contributed by atoms with Crippen molar-refractivity contribution in [1.29, 1.82) is 0 Å². The van der Waals surface area contributed by atoms with Crippen LogP contribution in [-0.4, -0.2) is 37.1 Å². The van der Waals surface area contributed by atoms with Crippen molar-refractivity contribution in [2.75, 3.05) is 26.2 Å². The van der Waals surface area contributed by atoms with Gasteiger partial charge in [-0.1, -0.05) is 0 Å². The van der Waals surface area contributed by atoms with Crippen LogP contribution in [0.25, 0.3) is 0 Å². The monoisotopic (exact) mass is 140 g/mol. The molecule has 0 aromatic heterocycles. The third-order valence-electron chi connectivity index (χ3n) is 2.39.